The van der Waals surface area contributed by atoms with Crippen LogP contribution in [-0.2, 0) is 0 Å². The van der Waals surface area contributed by atoms with Crippen molar-refractivity contribution in [1.82, 2.24) is 20.3 Å². The number of nitrogens with one attached hydrogen (secondary N) is 2. The minimum absolute atomic E-state index is 0.361. The van der Waals surface area contributed by atoms with Crippen LogP contribution >= 0.6 is 11.3 Å². The Balaban J connectivity index is 1.38. The molecule has 0 aliphatic rings. The highest BCUT2D eigenvalue weighted by molar-refractivity contribution is 7.19. The fourth-order valence-electron chi connectivity index (χ4n) is 4.03. The van der Waals surface area contributed by atoms with Crippen molar-refractivity contribution in [3.8, 4) is 10.4 Å². The molecule has 3 aromatic heterocycles. The molecule has 2 N–H and O–H groups in total. The summed E-state index contributed by atoms with van der Waals surface area (Å²) in [6, 6.07) is 16.3. The fourth-order valence-corrected chi connectivity index (χ4v) is 5.00. The van der Waals surface area contributed by atoms with Crippen molar-refractivity contribution >= 4 is 44.9 Å². The zero-order valence-corrected chi connectivity index (χ0v) is 21.7. The molecule has 0 aliphatic heterocycles. The van der Waals surface area contributed by atoms with E-state index in [-0.39, 0.29) is 5.91 Å². The van der Waals surface area contributed by atoms with Gasteiger partial charge in [-0.3, -0.25) is 9.78 Å². The minimum Gasteiger partial charge on any atom is -0.372 e. The van der Waals surface area contributed by atoms with Gasteiger partial charge >= 0.3 is 0 Å². The summed E-state index contributed by atoms with van der Waals surface area (Å²) in [7, 11) is 3.65. The van der Waals surface area contributed by atoms with Crippen molar-refractivity contribution in [2.45, 2.75) is 13.0 Å². The van der Waals surface area contributed by atoms with Crippen LogP contribution in [0.25, 0.3) is 21.5 Å². The lowest BCUT2D eigenvalue weighted by molar-refractivity contribution is 0.0940. The lowest BCUT2D eigenvalue weighted by Crippen LogP contribution is -2.28. The number of pyridine rings is 1. The Morgan fingerprint density at radius 3 is 2.63 bits per heavy atom. The molecule has 0 radical (unpaired) electrons. The number of nitrogens with zero attached hydrogens (tertiary/aromatic N) is 4. The van der Waals surface area contributed by atoms with Crippen LogP contribution in [0.15, 0.2) is 73.1 Å². The van der Waals surface area contributed by atoms with Crippen molar-refractivity contribution in [2.24, 2.45) is 0 Å². The number of thiophene rings is 1. The Hall–Kier alpha value is -4.44. The van der Waals surface area contributed by atoms with Crippen LogP contribution in [0.5, 0.6) is 0 Å². The Labute approximate surface area is 222 Å². The number of rotatable bonds is 7. The van der Waals surface area contributed by atoms with Crippen LogP contribution < -0.4 is 15.5 Å². The summed E-state index contributed by atoms with van der Waals surface area (Å²) in [5, 5.41) is 6.75. The van der Waals surface area contributed by atoms with Crippen molar-refractivity contribution in [3.05, 3.63) is 95.8 Å². The number of anilines is 3. The second kappa shape index (κ2) is 10.5. The number of carbonyl (C=O) groups excluding carboxylic acids is 1. The fraction of sp³-hybridized carbons (Fsp3) is 0.143. The number of hydrogen-bond acceptors (Lipinski definition) is 7. The van der Waals surface area contributed by atoms with Crippen LogP contribution in [0.3, 0.4) is 0 Å². The number of benzene rings is 2. The topological polar surface area (TPSA) is 83.0 Å². The molecule has 192 valence electrons. The van der Waals surface area contributed by atoms with Crippen molar-refractivity contribution in [1.29, 1.82) is 0 Å². The zero-order chi connectivity index (χ0) is 26.8. The van der Waals surface area contributed by atoms with E-state index in [1.165, 1.54) is 6.07 Å². The van der Waals surface area contributed by atoms with Gasteiger partial charge < -0.3 is 15.5 Å². The maximum atomic E-state index is 13.7. The highest BCUT2D eigenvalue weighted by Crippen LogP contribution is 2.37. The molecule has 2 aromatic carbocycles. The maximum absolute atomic E-state index is 13.7. The molecule has 1 atom stereocenters. The van der Waals surface area contributed by atoms with E-state index in [1.54, 1.807) is 49.8 Å². The third-order valence-corrected chi connectivity index (χ3v) is 7.36. The third-order valence-electron chi connectivity index (χ3n) is 6.15. The van der Waals surface area contributed by atoms with Gasteiger partial charge in [-0.2, -0.15) is 0 Å². The van der Waals surface area contributed by atoms with Crippen LogP contribution in [0, 0.1) is 11.6 Å². The maximum Gasteiger partial charge on any atom is 0.255 e. The van der Waals surface area contributed by atoms with Gasteiger partial charge in [-0.15, -0.1) is 11.3 Å². The average molecular weight is 531 g/mol. The second-order valence-electron chi connectivity index (χ2n) is 8.65. The van der Waals surface area contributed by atoms with Crippen molar-refractivity contribution in [3.63, 3.8) is 0 Å². The van der Waals surface area contributed by atoms with Gasteiger partial charge in [0.2, 0.25) is 0 Å². The minimum atomic E-state index is -0.958. The van der Waals surface area contributed by atoms with Gasteiger partial charge in [-0.05, 0) is 66.6 Å². The van der Waals surface area contributed by atoms with Crippen LogP contribution in [0.1, 0.15) is 28.9 Å². The van der Waals surface area contributed by atoms with Gasteiger partial charge in [0, 0.05) is 25.2 Å². The predicted octanol–water partition coefficient (Wildman–Crippen LogP) is 6.33. The number of carbonyl (C=O) groups is 1. The molecule has 1 amide bonds. The van der Waals surface area contributed by atoms with E-state index in [0.717, 1.165) is 38.6 Å². The van der Waals surface area contributed by atoms with E-state index < -0.39 is 17.7 Å². The van der Waals surface area contributed by atoms with Crippen molar-refractivity contribution < 1.29 is 13.6 Å². The Bertz CT molecular complexity index is 1640. The molecule has 0 aliphatic carbocycles. The Kier molecular flexibility index (Phi) is 6.97. The molecule has 7 nitrogen and oxygen atoms in total. The molecule has 0 fully saturated rings. The van der Waals surface area contributed by atoms with Crippen LogP contribution in [-0.4, -0.2) is 35.0 Å². The highest BCUT2D eigenvalue weighted by atomic mass is 32.1. The molecular formula is C28H24F2N6OS. The van der Waals surface area contributed by atoms with E-state index in [9.17, 15) is 13.6 Å². The molecule has 3 heterocycles. The summed E-state index contributed by atoms with van der Waals surface area (Å²) >= 11 is 1.55. The van der Waals surface area contributed by atoms with E-state index in [4.69, 9.17) is 0 Å². The number of aromatic nitrogens is 3. The average Bonchev–Trinajstić information content (AvgIpc) is 3.44. The van der Waals surface area contributed by atoms with Crippen LogP contribution in [0.2, 0.25) is 0 Å². The smallest absolute Gasteiger partial charge is 0.255 e. The number of halogens is 2. The zero-order valence-electron chi connectivity index (χ0n) is 20.9. The quantitative estimate of drug-likeness (QED) is 0.256. The van der Waals surface area contributed by atoms with Gasteiger partial charge in [-0.25, -0.2) is 18.7 Å². The van der Waals surface area contributed by atoms with Gasteiger partial charge in [0.15, 0.2) is 11.6 Å². The first-order valence-corrected chi connectivity index (χ1v) is 12.6. The lowest BCUT2D eigenvalue weighted by atomic mass is 10.1. The molecule has 0 unspecified atom stereocenters. The van der Waals surface area contributed by atoms with E-state index in [1.807, 2.05) is 42.3 Å². The number of amides is 1. The van der Waals surface area contributed by atoms with Gasteiger partial charge in [0.25, 0.3) is 5.91 Å². The third kappa shape index (κ3) is 5.03. The normalized spacial score (nSPS) is 11.8. The molecular weight excluding hydrogens is 506 g/mol. The summed E-state index contributed by atoms with van der Waals surface area (Å²) in [5.41, 5.74) is 3.42. The molecule has 5 rings (SSSR count). The van der Waals surface area contributed by atoms with Gasteiger partial charge in [0.05, 0.1) is 33.8 Å². The molecule has 0 bridgehead atoms. The van der Waals surface area contributed by atoms with Gasteiger partial charge in [0.1, 0.15) is 11.6 Å². The van der Waals surface area contributed by atoms with Crippen LogP contribution in [0.4, 0.5) is 25.4 Å². The summed E-state index contributed by atoms with van der Waals surface area (Å²) in [6.45, 7) is 1.71. The first-order valence-electron chi connectivity index (χ1n) is 11.8. The standard InChI is InChI=1S/C28H24F2N6OS/c1-16(17-6-8-20(29)21(30)13-17)34-28(37)19-5-4-12-32-27(19)36(3)26-11-10-24(38-26)18-7-9-22-23(14-18)35-25(31-2)15-33-22/h4-16H,1-3H3,(H,31,35)(H,34,37)/t16-/m0/s1. The van der Waals surface area contributed by atoms with E-state index >= 15 is 0 Å². The number of hydrogen-bond donors (Lipinski definition) is 2. The molecule has 38 heavy (non-hydrogen) atoms. The lowest BCUT2D eigenvalue weighted by Gasteiger charge is -2.20. The monoisotopic (exact) mass is 530 g/mol. The van der Waals surface area contributed by atoms with E-state index in [0.29, 0.717) is 22.8 Å². The summed E-state index contributed by atoms with van der Waals surface area (Å²) in [6.07, 6.45) is 3.32. The summed E-state index contributed by atoms with van der Waals surface area (Å²) in [5.74, 6) is -1.10. The molecule has 0 saturated carbocycles. The second-order valence-corrected chi connectivity index (χ2v) is 9.71. The molecule has 5 aromatic rings. The first-order chi connectivity index (χ1) is 18.3. The largest absolute Gasteiger partial charge is 0.372 e. The number of fused-ring (bicyclic) bond motifs is 1. The molecule has 10 heteroatoms. The Morgan fingerprint density at radius 1 is 1.00 bits per heavy atom. The highest BCUT2D eigenvalue weighted by Gasteiger charge is 2.20. The Morgan fingerprint density at radius 2 is 1.84 bits per heavy atom. The predicted molar refractivity (Wildman–Crippen MR) is 147 cm³/mol. The van der Waals surface area contributed by atoms with Crippen molar-refractivity contribution in [2.75, 3.05) is 24.3 Å². The first kappa shape index (κ1) is 25.2. The SMILES string of the molecule is CNc1cnc2ccc(-c3ccc(N(C)c4ncccc4C(=O)N[C@@H](C)c4ccc(F)c(F)c4)s3)cc2n1. The summed E-state index contributed by atoms with van der Waals surface area (Å²) < 4.78 is 27.0. The van der Waals surface area contributed by atoms with Gasteiger partial charge in [-0.1, -0.05) is 12.1 Å². The summed E-state index contributed by atoms with van der Waals surface area (Å²) in [4.78, 5) is 29.5. The molecule has 0 spiro atoms. The van der Waals surface area contributed by atoms with E-state index in [2.05, 4.69) is 25.6 Å². The molecule has 0 saturated heterocycles.